The minimum atomic E-state index is 0.777. The Morgan fingerprint density at radius 3 is 2.53 bits per heavy atom. The maximum atomic E-state index is 3.33. The Bertz CT molecular complexity index is 280. The summed E-state index contributed by atoms with van der Waals surface area (Å²) in [5.74, 6) is 0. The van der Waals surface area contributed by atoms with Crippen molar-refractivity contribution in [2.45, 2.75) is 19.4 Å². The molecule has 1 fully saturated rings. The van der Waals surface area contributed by atoms with Crippen molar-refractivity contribution in [3.8, 4) is 0 Å². The van der Waals surface area contributed by atoms with Crippen LogP contribution in [0.2, 0.25) is 0 Å². The van der Waals surface area contributed by atoms with Crippen molar-refractivity contribution in [2.75, 3.05) is 26.2 Å². The molecular weight excluding hydrogens is 184 g/mol. The summed E-state index contributed by atoms with van der Waals surface area (Å²) in [6.07, 6.45) is 1.17. The summed E-state index contributed by atoms with van der Waals surface area (Å²) in [7, 11) is 0. The molecule has 1 aliphatic heterocycles. The van der Waals surface area contributed by atoms with Crippen LogP contribution in [0.1, 0.15) is 12.5 Å². The van der Waals surface area contributed by atoms with E-state index < -0.39 is 0 Å². The molecule has 0 aromatic heterocycles. The van der Waals surface area contributed by atoms with Gasteiger partial charge in [0.05, 0.1) is 0 Å². The topological polar surface area (TPSA) is 15.3 Å². The zero-order chi connectivity index (χ0) is 10.5. The standard InChI is InChI=1S/C13H20N2/c1-2-15(13-10-14-11-13)9-8-12-6-4-3-5-7-12/h3-7,13-14H,2,8-11H2,1H3. The first-order valence-electron chi connectivity index (χ1n) is 5.89. The van der Waals surface area contributed by atoms with Crippen molar-refractivity contribution in [1.29, 1.82) is 0 Å². The third-order valence-electron chi connectivity index (χ3n) is 3.21. The molecule has 0 amide bonds. The molecular formula is C13H20N2. The van der Waals surface area contributed by atoms with Crippen molar-refractivity contribution < 1.29 is 0 Å². The highest BCUT2D eigenvalue weighted by Crippen LogP contribution is 2.07. The smallest absolute Gasteiger partial charge is 0.0345 e. The maximum Gasteiger partial charge on any atom is 0.0345 e. The van der Waals surface area contributed by atoms with E-state index in [4.69, 9.17) is 0 Å². The average Bonchev–Trinajstić information content (AvgIpc) is 2.23. The van der Waals surface area contributed by atoms with Gasteiger partial charge < -0.3 is 5.32 Å². The highest BCUT2D eigenvalue weighted by atomic mass is 15.2. The lowest BCUT2D eigenvalue weighted by Crippen LogP contribution is -2.57. The van der Waals surface area contributed by atoms with Crippen LogP contribution in [0.3, 0.4) is 0 Å². The predicted octanol–water partition coefficient (Wildman–Crippen LogP) is 1.52. The summed E-state index contributed by atoms with van der Waals surface area (Å²) in [5.41, 5.74) is 1.45. The van der Waals surface area contributed by atoms with Crippen LogP contribution in [0, 0.1) is 0 Å². The van der Waals surface area contributed by atoms with Crippen LogP contribution in [-0.2, 0) is 6.42 Å². The van der Waals surface area contributed by atoms with Crippen LogP contribution in [-0.4, -0.2) is 37.1 Å². The summed E-state index contributed by atoms with van der Waals surface area (Å²) in [5, 5.41) is 3.33. The number of hydrogen-bond donors (Lipinski definition) is 1. The van der Waals surface area contributed by atoms with Gasteiger partial charge in [-0.25, -0.2) is 0 Å². The predicted molar refractivity (Wildman–Crippen MR) is 64.1 cm³/mol. The van der Waals surface area contributed by atoms with Gasteiger partial charge in [-0.3, -0.25) is 4.90 Å². The minimum absolute atomic E-state index is 0.777. The average molecular weight is 204 g/mol. The molecule has 82 valence electrons. The van der Waals surface area contributed by atoms with Gasteiger partial charge in [-0.15, -0.1) is 0 Å². The quantitative estimate of drug-likeness (QED) is 0.782. The summed E-state index contributed by atoms with van der Waals surface area (Å²) in [6, 6.07) is 11.5. The lowest BCUT2D eigenvalue weighted by molar-refractivity contribution is 0.154. The molecule has 0 radical (unpaired) electrons. The molecule has 1 N–H and O–H groups in total. The van der Waals surface area contributed by atoms with E-state index in [2.05, 4.69) is 47.5 Å². The Hall–Kier alpha value is -0.860. The van der Waals surface area contributed by atoms with E-state index >= 15 is 0 Å². The molecule has 2 heteroatoms. The van der Waals surface area contributed by atoms with Crippen LogP contribution in [0.4, 0.5) is 0 Å². The van der Waals surface area contributed by atoms with Crippen molar-refractivity contribution in [2.24, 2.45) is 0 Å². The van der Waals surface area contributed by atoms with Gasteiger partial charge in [0.2, 0.25) is 0 Å². The van der Waals surface area contributed by atoms with E-state index in [0.29, 0.717) is 0 Å². The first kappa shape index (κ1) is 10.7. The second kappa shape index (κ2) is 5.29. The lowest BCUT2D eigenvalue weighted by atomic mass is 10.1. The summed E-state index contributed by atoms with van der Waals surface area (Å²) < 4.78 is 0. The van der Waals surface area contributed by atoms with Gasteiger partial charge in [-0.05, 0) is 18.5 Å². The molecule has 0 spiro atoms. The molecule has 1 heterocycles. The second-order valence-electron chi connectivity index (χ2n) is 4.18. The molecule has 0 saturated carbocycles. The van der Waals surface area contributed by atoms with E-state index in [9.17, 15) is 0 Å². The fourth-order valence-electron chi connectivity index (χ4n) is 2.05. The van der Waals surface area contributed by atoms with Crippen LogP contribution in [0.15, 0.2) is 30.3 Å². The van der Waals surface area contributed by atoms with Crippen molar-refractivity contribution >= 4 is 0 Å². The van der Waals surface area contributed by atoms with Crippen LogP contribution < -0.4 is 5.32 Å². The fourth-order valence-corrected chi connectivity index (χ4v) is 2.05. The number of nitrogens with one attached hydrogen (secondary N) is 1. The summed E-state index contributed by atoms with van der Waals surface area (Å²) >= 11 is 0. The number of nitrogens with zero attached hydrogens (tertiary/aromatic N) is 1. The first-order chi connectivity index (χ1) is 7.40. The summed E-state index contributed by atoms with van der Waals surface area (Å²) in [4.78, 5) is 2.57. The van der Waals surface area contributed by atoms with Gasteiger partial charge in [0.1, 0.15) is 0 Å². The molecule has 15 heavy (non-hydrogen) atoms. The van der Waals surface area contributed by atoms with E-state index in [1.807, 2.05) is 0 Å². The molecule has 0 aliphatic carbocycles. The Morgan fingerprint density at radius 2 is 2.00 bits per heavy atom. The van der Waals surface area contributed by atoms with Crippen LogP contribution >= 0.6 is 0 Å². The van der Waals surface area contributed by atoms with E-state index in [0.717, 1.165) is 6.04 Å². The van der Waals surface area contributed by atoms with Gasteiger partial charge in [0.25, 0.3) is 0 Å². The van der Waals surface area contributed by atoms with Crippen molar-refractivity contribution in [3.63, 3.8) is 0 Å². The molecule has 1 aromatic carbocycles. The first-order valence-corrected chi connectivity index (χ1v) is 5.89. The molecule has 0 atom stereocenters. The monoisotopic (exact) mass is 204 g/mol. The molecule has 1 saturated heterocycles. The highest BCUT2D eigenvalue weighted by Gasteiger charge is 2.22. The SMILES string of the molecule is CCN(CCc1ccccc1)C1CNC1. The Labute approximate surface area is 92.3 Å². The lowest BCUT2D eigenvalue weighted by Gasteiger charge is -2.37. The zero-order valence-corrected chi connectivity index (χ0v) is 9.45. The number of rotatable bonds is 5. The Kier molecular flexibility index (Phi) is 3.75. The number of likely N-dealkylation sites (N-methyl/N-ethyl adjacent to an activating group) is 1. The van der Waals surface area contributed by atoms with E-state index in [1.54, 1.807) is 0 Å². The number of benzene rings is 1. The van der Waals surface area contributed by atoms with E-state index in [-0.39, 0.29) is 0 Å². The van der Waals surface area contributed by atoms with Gasteiger partial charge in [0, 0.05) is 25.7 Å². The minimum Gasteiger partial charge on any atom is -0.314 e. The van der Waals surface area contributed by atoms with Crippen LogP contribution in [0.25, 0.3) is 0 Å². The van der Waals surface area contributed by atoms with Gasteiger partial charge in [-0.1, -0.05) is 37.3 Å². The van der Waals surface area contributed by atoms with Crippen LogP contribution in [0.5, 0.6) is 0 Å². The largest absolute Gasteiger partial charge is 0.314 e. The van der Waals surface area contributed by atoms with Crippen molar-refractivity contribution in [3.05, 3.63) is 35.9 Å². The normalized spacial score (nSPS) is 16.7. The third kappa shape index (κ3) is 2.80. The Balaban J connectivity index is 1.80. The highest BCUT2D eigenvalue weighted by molar-refractivity contribution is 5.14. The Morgan fingerprint density at radius 1 is 1.27 bits per heavy atom. The van der Waals surface area contributed by atoms with Crippen molar-refractivity contribution in [1.82, 2.24) is 10.2 Å². The molecule has 2 rings (SSSR count). The van der Waals surface area contributed by atoms with E-state index in [1.165, 1.54) is 38.2 Å². The maximum absolute atomic E-state index is 3.33. The fraction of sp³-hybridized carbons (Fsp3) is 0.538. The molecule has 1 aliphatic rings. The third-order valence-corrected chi connectivity index (χ3v) is 3.21. The zero-order valence-electron chi connectivity index (χ0n) is 9.45. The summed E-state index contributed by atoms with van der Waals surface area (Å²) in [6.45, 7) is 6.95. The van der Waals surface area contributed by atoms with Gasteiger partial charge >= 0.3 is 0 Å². The second-order valence-corrected chi connectivity index (χ2v) is 4.18. The molecule has 0 bridgehead atoms. The van der Waals surface area contributed by atoms with Gasteiger partial charge in [-0.2, -0.15) is 0 Å². The number of hydrogen-bond acceptors (Lipinski definition) is 2. The molecule has 2 nitrogen and oxygen atoms in total. The van der Waals surface area contributed by atoms with Gasteiger partial charge in [0.15, 0.2) is 0 Å². The molecule has 1 aromatic rings. The molecule has 0 unspecified atom stereocenters.